The maximum absolute atomic E-state index is 5.34. The molecular formula is C14H20N2O. The number of methoxy groups -OCH3 is 1. The minimum atomic E-state index is 0.230. The van der Waals surface area contributed by atoms with Crippen LogP contribution in [-0.4, -0.2) is 24.8 Å². The quantitative estimate of drug-likeness (QED) is 0.856. The Kier molecular flexibility index (Phi) is 3.82. The lowest BCUT2D eigenvalue weighted by molar-refractivity contribution is 0.104. The van der Waals surface area contributed by atoms with Gasteiger partial charge in [0.1, 0.15) is 0 Å². The van der Waals surface area contributed by atoms with Crippen LogP contribution in [0.15, 0.2) is 30.5 Å². The predicted octanol–water partition coefficient (Wildman–Crippen LogP) is 2.40. The summed E-state index contributed by atoms with van der Waals surface area (Å²) in [5.41, 5.74) is 2.62. The molecule has 1 aromatic heterocycles. The lowest BCUT2D eigenvalue weighted by Gasteiger charge is -2.11. The summed E-state index contributed by atoms with van der Waals surface area (Å²) in [6.07, 6.45) is 2.45. The number of hydrogen-bond acceptors (Lipinski definition) is 2. The van der Waals surface area contributed by atoms with Crippen LogP contribution in [0, 0.1) is 0 Å². The maximum Gasteiger partial charge on any atom is 0.0722 e. The molecule has 0 bridgehead atoms. The Hall–Kier alpha value is -1.32. The number of para-hydroxylation sites is 1. The Labute approximate surface area is 102 Å². The molecule has 0 spiro atoms. The number of ether oxygens (including phenoxy) is 1. The Balaban J connectivity index is 2.41. The second kappa shape index (κ2) is 5.34. The van der Waals surface area contributed by atoms with E-state index in [-0.39, 0.29) is 6.10 Å². The molecule has 1 heterocycles. The number of aromatic nitrogens is 1. The van der Waals surface area contributed by atoms with Gasteiger partial charge in [0.05, 0.1) is 6.10 Å². The monoisotopic (exact) mass is 232 g/mol. The minimum absolute atomic E-state index is 0.230. The van der Waals surface area contributed by atoms with Crippen molar-refractivity contribution in [3.05, 3.63) is 36.0 Å². The van der Waals surface area contributed by atoms with Gasteiger partial charge in [-0.2, -0.15) is 0 Å². The summed E-state index contributed by atoms with van der Waals surface area (Å²) in [6, 6.07) is 8.51. The van der Waals surface area contributed by atoms with Gasteiger partial charge in [0, 0.05) is 37.3 Å². The van der Waals surface area contributed by atoms with E-state index >= 15 is 0 Å². The van der Waals surface area contributed by atoms with Crippen molar-refractivity contribution in [2.45, 2.75) is 26.1 Å². The van der Waals surface area contributed by atoms with Crippen molar-refractivity contribution in [3.63, 3.8) is 0 Å². The first-order valence-electron chi connectivity index (χ1n) is 6.00. The van der Waals surface area contributed by atoms with E-state index in [0.29, 0.717) is 0 Å². The van der Waals surface area contributed by atoms with Crippen LogP contribution in [0.4, 0.5) is 0 Å². The molecule has 3 heteroatoms. The van der Waals surface area contributed by atoms with E-state index in [1.165, 1.54) is 16.5 Å². The van der Waals surface area contributed by atoms with Gasteiger partial charge in [-0.25, -0.2) is 0 Å². The first kappa shape index (κ1) is 12.1. The van der Waals surface area contributed by atoms with Crippen molar-refractivity contribution in [2.75, 3.05) is 14.2 Å². The van der Waals surface area contributed by atoms with Gasteiger partial charge in [0.2, 0.25) is 0 Å². The molecule has 1 unspecified atom stereocenters. The Morgan fingerprint density at radius 1 is 1.35 bits per heavy atom. The van der Waals surface area contributed by atoms with E-state index in [1.807, 2.05) is 7.05 Å². The van der Waals surface area contributed by atoms with Crippen LogP contribution >= 0.6 is 0 Å². The third kappa shape index (κ3) is 2.51. The Bertz CT molecular complexity index is 490. The van der Waals surface area contributed by atoms with Crippen molar-refractivity contribution < 1.29 is 4.74 Å². The molecule has 1 atom stereocenters. The zero-order chi connectivity index (χ0) is 12.3. The van der Waals surface area contributed by atoms with Crippen LogP contribution in [-0.2, 0) is 17.8 Å². The van der Waals surface area contributed by atoms with Crippen molar-refractivity contribution in [2.24, 2.45) is 0 Å². The molecule has 0 aliphatic heterocycles. The fourth-order valence-electron chi connectivity index (χ4n) is 2.16. The first-order valence-corrected chi connectivity index (χ1v) is 6.00. The molecule has 0 aliphatic carbocycles. The number of hydrogen-bond donors (Lipinski definition) is 1. The minimum Gasteiger partial charge on any atom is -0.380 e. The van der Waals surface area contributed by atoms with Crippen LogP contribution in [0.3, 0.4) is 0 Å². The van der Waals surface area contributed by atoms with Gasteiger partial charge >= 0.3 is 0 Å². The zero-order valence-electron chi connectivity index (χ0n) is 10.7. The molecule has 0 radical (unpaired) electrons. The number of fused-ring (bicyclic) bond motifs is 1. The smallest absolute Gasteiger partial charge is 0.0722 e. The third-order valence-corrected chi connectivity index (χ3v) is 3.09. The molecular weight excluding hydrogens is 212 g/mol. The number of rotatable bonds is 5. The molecule has 92 valence electrons. The fraction of sp³-hybridized carbons (Fsp3) is 0.429. The number of benzene rings is 1. The Morgan fingerprint density at radius 2 is 2.12 bits per heavy atom. The highest BCUT2D eigenvalue weighted by Crippen LogP contribution is 2.21. The maximum atomic E-state index is 5.34. The molecule has 1 N–H and O–H groups in total. The van der Waals surface area contributed by atoms with Gasteiger partial charge in [-0.05, 0) is 25.6 Å². The van der Waals surface area contributed by atoms with E-state index in [2.05, 4.69) is 47.3 Å². The molecule has 0 fully saturated rings. The summed E-state index contributed by atoms with van der Waals surface area (Å²) in [5.74, 6) is 0. The molecule has 0 saturated heterocycles. The highest BCUT2D eigenvalue weighted by Gasteiger charge is 2.09. The average molecular weight is 232 g/mol. The summed E-state index contributed by atoms with van der Waals surface area (Å²) in [7, 11) is 3.73. The molecule has 0 saturated carbocycles. The molecule has 1 aromatic carbocycles. The van der Waals surface area contributed by atoms with Crippen LogP contribution in [0.2, 0.25) is 0 Å². The van der Waals surface area contributed by atoms with E-state index in [9.17, 15) is 0 Å². The molecule has 3 nitrogen and oxygen atoms in total. The van der Waals surface area contributed by atoms with Gasteiger partial charge in [0.25, 0.3) is 0 Å². The zero-order valence-corrected chi connectivity index (χ0v) is 10.7. The number of nitrogens with zero attached hydrogens (tertiary/aromatic N) is 1. The van der Waals surface area contributed by atoms with Gasteiger partial charge in [-0.15, -0.1) is 0 Å². The van der Waals surface area contributed by atoms with Crippen LogP contribution in [0.25, 0.3) is 10.9 Å². The fourth-order valence-corrected chi connectivity index (χ4v) is 2.16. The molecule has 2 rings (SSSR count). The van der Waals surface area contributed by atoms with Crippen LogP contribution in [0.1, 0.15) is 12.5 Å². The first-order chi connectivity index (χ1) is 8.26. The SMILES string of the molecule is CNCc1cn(CC(C)OC)c2ccccc12. The van der Waals surface area contributed by atoms with Crippen molar-refractivity contribution in [1.29, 1.82) is 0 Å². The second-order valence-electron chi connectivity index (χ2n) is 4.40. The van der Waals surface area contributed by atoms with E-state index < -0.39 is 0 Å². The molecule has 0 aliphatic rings. The largest absolute Gasteiger partial charge is 0.380 e. The van der Waals surface area contributed by atoms with E-state index in [0.717, 1.165) is 13.1 Å². The van der Waals surface area contributed by atoms with Crippen molar-refractivity contribution in [1.82, 2.24) is 9.88 Å². The van der Waals surface area contributed by atoms with E-state index in [4.69, 9.17) is 4.74 Å². The van der Waals surface area contributed by atoms with Gasteiger partial charge in [-0.3, -0.25) is 0 Å². The summed E-state index contributed by atoms with van der Waals surface area (Å²) >= 11 is 0. The molecule has 0 amide bonds. The highest BCUT2D eigenvalue weighted by molar-refractivity contribution is 5.83. The van der Waals surface area contributed by atoms with Gasteiger partial charge in [0.15, 0.2) is 0 Å². The Morgan fingerprint density at radius 3 is 2.82 bits per heavy atom. The summed E-state index contributed by atoms with van der Waals surface area (Å²) in [4.78, 5) is 0. The highest BCUT2D eigenvalue weighted by atomic mass is 16.5. The van der Waals surface area contributed by atoms with Crippen LogP contribution < -0.4 is 5.32 Å². The van der Waals surface area contributed by atoms with Crippen molar-refractivity contribution in [3.8, 4) is 0 Å². The van der Waals surface area contributed by atoms with Crippen LogP contribution in [0.5, 0.6) is 0 Å². The average Bonchev–Trinajstić information content (AvgIpc) is 2.69. The summed E-state index contributed by atoms with van der Waals surface area (Å²) < 4.78 is 7.61. The topological polar surface area (TPSA) is 26.2 Å². The predicted molar refractivity (Wildman–Crippen MR) is 71.2 cm³/mol. The van der Waals surface area contributed by atoms with E-state index in [1.54, 1.807) is 7.11 Å². The molecule has 17 heavy (non-hydrogen) atoms. The van der Waals surface area contributed by atoms with Gasteiger partial charge < -0.3 is 14.6 Å². The van der Waals surface area contributed by atoms with Gasteiger partial charge in [-0.1, -0.05) is 18.2 Å². The lowest BCUT2D eigenvalue weighted by Crippen LogP contribution is -2.13. The standard InChI is InChI=1S/C14H20N2O/c1-11(17-3)9-16-10-12(8-15-2)13-6-4-5-7-14(13)16/h4-7,10-11,15H,8-9H2,1-3H3. The normalized spacial score (nSPS) is 13.1. The lowest BCUT2D eigenvalue weighted by atomic mass is 10.2. The molecule has 2 aromatic rings. The third-order valence-electron chi connectivity index (χ3n) is 3.09. The van der Waals surface area contributed by atoms with Crippen molar-refractivity contribution >= 4 is 10.9 Å². The second-order valence-corrected chi connectivity index (χ2v) is 4.40. The number of nitrogens with one attached hydrogen (secondary N) is 1. The summed E-state index contributed by atoms with van der Waals surface area (Å²) in [6.45, 7) is 3.88. The summed E-state index contributed by atoms with van der Waals surface area (Å²) in [5, 5.41) is 4.54.